The van der Waals surface area contributed by atoms with E-state index in [2.05, 4.69) is 11.9 Å². The SMILES string of the molecule is C=C(C)OC(=O)[C@@H](NC(=O)C1CCCC(OCC=O)C1)C(C)C. The fraction of sp³-hybridized carbons (Fsp3) is 0.706. The summed E-state index contributed by atoms with van der Waals surface area (Å²) in [6.45, 7) is 8.89. The Hall–Kier alpha value is -1.69. The third-order valence-electron chi connectivity index (χ3n) is 3.89. The van der Waals surface area contributed by atoms with E-state index in [0.29, 0.717) is 18.5 Å². The number of hydrogen-bond acceptors (Lipinski definition) is 5. The van der Waals surface area contributed by atoms with Gasteiger partial charge in [0.25, 0.3) is 0 Å². The number of carbonyl (C=O) groups excluding carboxylic acids is 3. The zero-order valence-electron chi connectivity index (χ0n) is 14.2. The minimum atomic E-state index is -0.699. The van der Waals surface area contributed by atoms with Gasteiger partial charge in [-0.15, -0.1) is 0 Å². The average Bonchev–Trinajstić information content (AvgIpc) is 2.49. The molecular formula is C17H27NO5. The van der Waals surface area contributed by atoms with Crippen LogP contribution in [0.4, 0.5) is 0 Å². The molecular weight excluding hydrogens is 298 g/mol. The van der Waals surface area contributed by atoms with Gasteiger partial charge in [0.15, 0.2) is 0 Å². The predicted octanol–water partition coefficient (Wildman–Crippen LogP) is 1.98. The molecule has 1 rings (SSSR count). The zero-order chi connectivity index (χ0) is 17.4. The normalized spacial score (nSPS) is 22.3. The van der Waals surface area contributed by atoms with Gasteiger partial charge in [0, 0.05) is 5.92 Å². The smallest absolute Gasteiger partial charge is 0.333 e. The molecule has 0 saturated heterocycles. The molecule has 1 saturated carbocycles. The third kappa shape index (κ3) is 6.52. The van der Waals surface area contributed by atoms with Crippen LogP contribution in [-0.2, 0) is 23.9 Å². The van der Waals surface area contributed by atoms with E-state index in [-0.39, 0.29) is 30.5 Å². The largest absolute Gasteiger partial charge is 0.430 e. The van der Waals surface area contributed by atoms with Crippen LogP contribution in [0.1, 0.15) is 46.5 Å². The Kier molecular flexibility index (Phi) is 7.95. The van der Waals surface area contributed by atoms with E-state index >= 15 is 0 Å². The van der Waals surface area contributed by atoms with Gasteiger partial charge < -0.3 is 19.6 Å². The molecule has 0 aliphatic heterocycles. The van der Waals surface area contributed by atoms with Crippen molar-refractivity contribution in [2.75, 3.05) is 6.61 Å². The van der Waals surface area contributed by atoms with Gasteiger partial charge in [-0.05, 0) is 32.1 Å². The Morgan fingerprint density at radius 2 is 2.04 bits per heavy atom. The molecule has 23 heavy (non-hydrogen) atoms. The first-order valence-electron chi connectivity index (χ1n) is 8.08. The van der Waals surface area contributed by atoms with Crippen LogP contribution in [0.25, 0.3) is 0 Å². The molecule has 3 atom stereocenters. The van der Waals surface area contributed by atoms with E-state index in [4.69, 9.17) is 9.47 Å². The molecule has 0 aromatic carbocycles. The van der Waals surface area contributed by atoms with E-state index in [9.17, 15) is 14.4 Å². The van der Waals surface area contributed by atoms with E-state index in [1.165, 1.54) is 0 Å². The van der Waals surface area contributed by atoms with Gasteiger partial charge in [-0.25, -0.2) is 4.79 Å². The first-order chi connectivity index (χ1) is 10.8. The van der Waals surface area contributed by atoms with Gasteiger partial charge in [0.05, 0.1) is 11.9 Å². The Morgan fingerprint density at radius 3 is 2.61 bits per heavy atom. The molecule has 6 heteroatoms. The van der Waals surface area contributed by atoms with Gasteiger partial charge in [-0.3, -0.25) is 4.79 Å². The highest BCUT2D eigenvalue weighted by atomic mass is 16.5. The van der Waals surface area contributed by atoms with E-state index in [0.717, 1.165) is 19.3 Å². The van der Waals surface area contributed by atoms with Gasteiger partial charge in [0.1, 0.15) is 18.9 Å². The maximum Gasteiger partial charge on any atom is 0.333 e. The van der Waals surface area contributed by atoms with Crippen molar-refractivity contribution >= 4 is 18.2 Å². The number of esters is 1. The van der Waals surface area contributed by atoms with Crippen molar-refractivity contribution in [3.63, 3.8) is 0 Å². The van der Waals surface area contributed by atoms with Crippen molar-refractivity contribution in [1.82, 2.24) is 5.32 Å². The lowest BCUT2D eigenvalue weighted by Crippen LogP contribution is -2.48. The molecule has 1 aliphatic rings. The molecule has 1 aliphatic carbocycles. The Labute approximate surface area is 137 Å². The van der Waals surface area contributed by atoms with Gasteiger partial charge >= 0.3 is 5.97 Å². The summed E-state index contributed by atoms with van der Waals surface area (Å²) in [6, 6.07) is -0.699. The Morgan fingerprint density at radius 1 is 1.35 bits per heavy atom. The van der Waals surface area contributed by atoms with Gasteiger partial charge in [-0.1, -0.05) is 26.8 Å². The summed E-state index contributed by atoms with van der Waals surface area (Å²) in [4.78, 5) is 34.9. The van der Waals surface area contributed by atoms with Crippen LogP contribution >= 0.6 is 0 Å². The lowest BCUT2D eigenvalue weighted by molar-refractivity contribution is -0.146. The predicted molar refractivity (Wildman–Crippen MR) is 85.4 cm³/mol. The van der Waals surface area contributed by atoms with Crippen molar-refractivity contribution in [3.05, 3.63) is 12.3 Å². The third-order valence-corrected chi connectivity index (χ3v) is 3.89. The van der Waals surface area contributed by atoms with E-state index in [1.807, 2.05) is 13.8 Å². The lowest BCUT2D eigenvalue weighted by Gasteiger charge is -2.29. The quantitative estimate of drug-likeness (QED) is 0.419. The van der Waals surface area contributed by atoms with Crippen molar-refractivity contribution in [3.8, 4) is 0 Å². The van der Waals surface area contributed by atoms with Gasteiger partial charge in [-0.2, -0.15) is 0 Å². The number of rotatable bonds is 8. The van der Waals surface area contributed by atoms with E-state index in [1.54, 1.807) is 6.92 Å². The van der Waals surface area contributed by atoms with Crippen molar-refractivity contribution in [1.29, 1.82) is 0 Å². The fourth-order valence-corrected chi connectivity index (χ4v) is 2.71. The molecule has 0 bridgehead atoms. The number of amides is 1. The molecule has 0 radical (unpaired) electrons. The molecule has 6 nitrogen and oxygen atoms in total. The molecule has 130 valence electrons. The summed E-state index contributed by atoms with van der Waals surface area (Å²) in [5.41, 5.74) is 0. The van der Waals surface area contributed by atoms with Crippen LogP contribution in [0.3, 0.4) is 0 Å². The summed E-state index contributed by atoms with van der Waals surface area (Å²) >= 11 is 0. The van der Waals surface area contributed by atoms with E-state index < -0.39 is 12.0 Å². The number of nitrogens with one attached hydrogen (secondary N) is 1. The maximum absolute atomic E-state index is 12.5. The van der Waals surface area contributed by atoms with Gasteiger partial charge in [0.2, 0.25) is 5.91 Å². The van der Waals surface area contributed by atoms with Crippen LogP contribution < -0.4 is 5.32 Å². The Balaban J connectivity index is 2.61. The second-order valence-corrected chi connectivity index (χ2v) is 6.34. The number of hydrogen-bond donors (Lipinski definition) is 1. The van der Waals surface area contributed by atoms with Crippen molar-refractivity contribution < 1.29 is 23.9 Å². The lowest BCUT2D eigenvalue weighted by atomic mass is 9.86. The second-order valence-electron chi connectivity index (χ2n) is 6.34. The molecule has 1 fully saturated rings. The minimum absolute atomic E-state index is 0.0541. The molecule has 0 aromatic rings. The zero-order valence-corrected chi connectivity index (χ0v) is 14.2. The number of carbonyl (C=O) groups is 3. The molecule has 0 heterocycles. The van der Waals surface area contributed by atoms with Crippen molar-refractivity contribution in [2.24, 2.45) is 11.8 Å². The van der Waals surface area contributed by atoms with Crippen molar-refractivity contribution in [2.45, 2.75) is 58.6 Å². The minimum Gasteiger partial charge on any atom is -0.430 e. The first-order valence-corrected chi connectivity index (χ1v) is 8.08. The van der Waals surface area contributed by atoms with Crippen LogP contribution in [0, 0.1) is 11.8 Å². The van der Waals surface area contributed by atoms with Crippen LogP contribution in [0.5, 0.6) is 0 Å². The summed E-state index contributed by atoms with van der Waals surface area (Å²) < 4.78 is 10.4. The average molecular weight is 325 g/mol. The highest BCUT2D eigenvalue weighted by Crippen LogP contribution is 2.26. The summed E-state index contributed by atoms with van der Waals surface area (Å²) in [5.74, 6) is -0.655. The monoisotopic (exact) mass is 325 g/mol. The molecule has 1 N–H and O–H groups in total. The summed E-state index contributed by atoms with van der Waals surface area (Å²) in [7, 11) is 0. The molecule has 0 aromatic heterocycles. The molecule has 1 amide bonds. The highest BCUT2D eigenvalue weighted by molar-refractivity contribution is 5.86. The standard InChI is InChI=1S/C17H27NO5/c1-11(2)15(17(21)23-12(3)4)18-16(20)13-6-5-7-14(10-13)22-9-8-19/h8,11,13-15H,3,5-7,9-10H2,1-2,4H3,(H,18,20)/t13?,14?,15-/m0/s1. The Bertz CT molecular complexity index is 446. The van der Waals surface area contributed by atoms with Crippen LogP contribution in [0.15, 0.2) is 12.3 Å². The first kappa shape index (κ1) is 19.4. The van der Waals surface area contributed by atoms with Crippen LogP contribution in [-0.4, -0.2) is 36.9 Å². The topological polar surface area (TPSA) is 81.7 Å². The molecule has 2 unspecified atom stereocenters. The van der Waals surface area contributed by atoms with Crippen LogP contribution in [0.2, 0.25) is 0 Å². The summed E-state index contributed by atoms with van der Waals surface area (Å²) in [5, 5.41) is 2.79. The maximum atomic E-state index is 12.5. The second kappa shape index (κ2) is 9.45. The summed E-state index contributed by atoms with van der Waals surface area (Å²) in [6.07, 6.45) is 3.68. The fourth-order valence-electron chi connectivity index (χ4n) is 2.71. The molecule has 0 spiro atoms. The highest BCUT2D eigenvalue weighted by Gasteiger charge is 2.32. The number of ether oxygens (including phenoxy) is 2. The number of aldehydes is 1. The number of allylic oxidation sites excluding steroid dienone is 1.